The van der Waals surface area contributed by atoms with Gasteiger partial charge in [-0.1, -0.05) is 18.2 Å². The molecule has 17 heavy (non-hydrogen) atoms. The lowest BCUT2D eigenvalue weighted by Crippen LogP contribution is -2.14. The van der Waals surface area contributed by atoms with E-state index in [4.69, 9.17) is 5.73 Å². The second kappa shape index (κ2) is 4.41. The van der Waals surface area contributed by atoms with E-state index in [-0.39, 0.29) is 0 Å². The Labute approximate surface area is 101 Å². The maximum atomic E-state index is 5.74. The topological polar surface area (TPSA) is 55.0 Å². The molecule has 2 rings (SSSR count). The number of nitrogens with zero attached hydrogens (tertiary/aromatic N) is 3. The molecular weight excluding hydrogens is 212 g/mol. The number of hydrogen-bond acceptors (Lipinski definition) is 4. The molecule has 0 spiro atoms. The summed E-state index contributed by atoms with van der Waals surface area (Å²) in [5.41, 5.74) is 8.05. The van der Waals surface area contributed by atoms with E-state index in [9.17, 15) is 0 Å². The number of nitrogen functional groups attached to an aromatic ring is 1. The maximum Gasteiger partial charge on any atom is 0.138 e. The third kappa shape index (κ3) is 2.36. The van der Waals surface area contributed by atoms with Crippen LogP contribution < -0.4 is 10.6 Å². The summed E-state index contributed by atoms with van der Waals surface area (Å²) in [7, 11) is 1.98. The molecule has 4 nitrogen and oxygen atoms in total. The first-order chi connectivity index (χ1) is 8.08. The quantitative estimate of drug-likeness (QED) is 0.857. The molecule has 0 amide bonds. The van der Waals surface area contributed by atoms with E-state index in [1.165, 1.54) is 5.56 Å². The number of anilines is 3. The Kier molecular flexibility index (Phi) is 2.95. The minimum atomic E-state index is 0.493. The molecule has 1 aromatic heterocycles. The van der Waals surface area contributed by atoms with Crippen molar-refractivity contribution < 1.29 is 0 Å². The van der Waals surface area contributed by atoms with Gasteiger partial charge in [-0.3, -0.25) is 0 Å². The second-order valence-corrected chi connectivity index (χ2v) is 4.04. The fraction of sp³-hybridized carbons (Fsp3) is 0.231. The van der Waals surface area contributed by atoms with Crippen molar-refractivity contribution in [1.82, 2.24) is 9.97 Å². The van der Waals surface area contributed by atoms with Crippen LogP contribution in [0.15, 0.2) is 30.3 Å². The van der Waals surface area contributed by atoms with Gasteiger partial charge in [-0.2, -0.15) is 0 Å². The average molecular weight is 228 g/mol. The molecule has 0 aliphatic rings. The van der Waals surface area contributed by atoms with Gasteiger partial charge in [-0.25, -0.2) is 9.97 Å². The van der Waals surface area contributed by atoms with E-state index in [1.54, 1.807) is 6.07 Å². The Balaban J connectivity index is 2.43. The van der Waals surface area contributed by atoms with Crippen LogP contribution in [0.3, 0.4) is 0 Å². The highest BCUT2D eigenvalue weighted by Crippen LogP contribution is 2.25. The smallest absolute Gasteiger partial charge is 0.138 e. The number of benzene rings is 1. The Bertz CT molecular complexity index is 516. The van der Waals surface area contributed by atoms with Crippen molar-refractivity contribution in [2.75, 3.05) is 17.7 Å². The summed E-state index contributed by atoms with van der Waals surface area (Å²) in [6.45, 7) is 3.91. The van der Waals surface area contributed by atoms with Crippen LogP contribution in [0.25, 0.3) is 0 Å². The maximum absolute atomic E-state index is 5.74. The summed E-state index contributed by atoms with van der Waals surface area (Å²) < 4.78 is 0. The lowest BCUT2D eigenvalue weighted by atomic mass is 10.2. The number of aryl methyl sites for hydroxylation is 2. The highest BCUT2D eigenvalue weighted by molar-refractivity contribution is 5.64. The lowest BCUT2D eigenvalue weighted by Gasteiger charge is -2.20. The second-order valence-electron chi connectivity index (χ2n) is 4.04. The van der Waals surface area contributed by atoms with Gasteiger partial charge < -0.3 is 10.6 Å². The van der Waals surface area contributed by atoms with Crippen LogP contribution in [0.4, 0.5) is 17.3 Å². The minimum Gasteiger partial charge on any atom is -0.384 e. The zero-order valence-corrected chi connectivity index (χ0v) is 10.3. The van der Waals surface area contributed by atoms with Gasteiger partial charge in [0.15, 0.2) is 0 Å². The van der Waals surface area contributed by atoms with E-state index in [1.807, 2.05) is 31.0 Å². The third-order valence-electron chi connectivity index (χ3n) is 2.66. The Morgan fingerprint density at radius 1 is 1.12 bits per heavy atom. The number of rotatable bonds is 2. The first kappa shape index (κ1) is 11.4. The van der Waals surface area contributed by atoms with E-state index in [2.05, 4.69) is 29.0 Å². The molecule has 88 valence electrons. The zero-order chi connectivity index (χ0) is 12.4. The lowest BCUT2D eigenvalue weighted by molar-refractivity contribution is 1.02. The van der Waals surface area contributed by atoms with Crippen molar-refractivity contribution in [3.05, 3.63) is 41.7 Å². The summed E-state index contributed by atoms with van der Waals surface area (Å²) in [5, 5.41) is 0. The number of aromatic nitrogens is 2. The SMILES string of the molecule is Cc1nc(N)cc(N(C)c2ccccc2C)n1. The molecule has 0 atom stereocenters. The molecule has 0 fully saturated rings. The molecule has 4 heteroatoms. The first-order valence-electron chi connectivity index (χ1n) is 5.48. The molecular formula is C13H16N4. The van der Waals surface area contributed by atoms with Crippen LogP contribution in [-0.2, 0) is 0 Å². The van der Waals surface area contributed by atoms with Crippen LogP contribution in [-0.4, -0.2) is 17.0 Å². The zero-order valence-electron chi connectivity index (χ0n) is 10.3. The fourth-order valence-electron chi connectivity index (χ4n) is 1.81. The molecule has 2 N–H and O–H groups in total. The van der Waals surface area contributed by atoms with Crippen molar-refractivity contribution in [1.29, 1.82) is 0 Å². The molecule has 0 saturated carbocycles. The first-order valence-corrected chi connectivity index (χ1v) is 5.48. The summed E-state index contributed by atoms with van der Waals surface area (Å²) in [6.07, 6.45) is 0. The predicted molar refractivity (Wildman–Crippen MR) is 70.4 cm³/mol. The molecule has 0 aliphatic heterocycles. The Hall–Kier alpha value is -2.10. The molecule has 0 unspecified atom stereocenters. The monoisotopic (exact) mass is 228 g/mol. The highest BCUT2D eigenvalue weighted by Gasteiger charge is 2.09. The van der Waals surface area contributed by atoms with Crippen molar-refractivity contribution >= 4 is 17.3 Å². The molecule has 1 aromatic carbocycles. The summed E-state index contributed by atoms with van der Waals surface area (Å²) >= 11 is 0. The van der Waals surface area contributed by atoms with Gasteiger partial charge in [0.1, 0.15) is 17.5 Å². The number of para-hydroxylation sites is 1. The molecule has 1 heterocycles. The molecule has 0 bridgehead atoms. The molecule has 0 saturated heterocycles. The normalized spacial score (nSPS) is 10.3. The standard InChI is InChI=1S/C13H16N4/c1-9-6-4-5-7-11(9)17(3)13-8-12(14)15-10(2)16-13/h4-8H,1-3H3,(H2,14,15,16). The van der Waals surface area contributed by atoms with Crippen molar-refractivity contribution in [2.24, 2.45) is 0 Å². The largest absolute Gasteiger partial charge is 0.384 e. The van der Waals surface area contributed by atoms with Crippen LogP contribution in [0.1, 0.15) is 11.4 Å². The summed E-state index contributed by atoms with van der Waals surface area (Å²) in [5.74, 6) is 1.98. The van der Waals surface area contributed by atoms with Crippen LogP contribution in [0.5, 0.6) is 0 Å². The van der Waals surface area contributed by atoms with Crippen LogP contribution in [0.2, 0.25) is 0 Å². The molecule has 0 aliphatic carbocycles. The van der Waals surface area contributed by atoms with Crippen molar-refractivity contribution in [3.8, 4) is 0 Å². The van der Waals surface area contributed by atoms with Gasteiger partial charge in [0.2, 0.25) is 0 Å². The highest BCUT2D eigenvalue weighted by atomic mass is 15.2. The summed E-state index contributed by atoms with van der Waals surface area (Å²) in [6, 6.07) is 9.94. The Morgan fingerprint density at radius 2 is 1.82 bits per heavy atom. The fourth-order valence-corrected chi connectivity index (χ4v) is 1.81. The average Bonchev–Trinajstić information content (AvgIpc) is 2.27. The minimum absolute atomic E-state index is 0.493. The summed E-state index contributed by atoms with van der Waals surface area (Å²) in [4.78, 5) is 10.5. The van der Waals surface area contributed by atoms with Crippen LogP contribution >= 0.6 is 0 Å². The van der Waals surface area contributed by atoms with E-state index >= 15 is 0 Å². The number of hydrogen-bond donors (Lipinski definition) is 1. The van der Waals surface area contributed by atoms with Gasteiger partial charge >= 0.3 is 0 Å². The van der Waals surface area contributed by atoms with Gasteiger partial charge in [0, 0.05) is 18.8 Å². The third-order valence-corrected chi connectivity index (χ3v) is 2.66. The van der Waals surface area contributed by atoms with E-state index in [0.29, 0.717) is 11.6 Å². The van der Waals surface area contributed by atoms with E-state index in [0.717, 1.165) is 11.5 Å². The molecule has 2 aromatic rings. The van der Waals surface area contributed by atoms with Gasteiger partial charge in [0.25, 0.3) is 0 Å². The van der Waals surface area contributed by atoms with Crippen LogP contribution in [0, 0.1) is 13.8 Å². The Morgan fingerprint density at radius 3 is 2.47 bits per heavy atom. The van der Waals surface area contributed by atoms with Gasteiger partial charge in [-0.05, 0) is 25.5 Å². The van der Waals surface area contributed by atoms with Crippen molar-refractivity contribution in [2.45, 2.75) is 13.8 Å². The molecule has 0 radical (unpaired) electrons. The van der Waals surface area contributed by atoms with E-state index < -0.39 is 0 Å². The van der Waals surface area contributed by atoms with Gasteiger partial charge in [-0.15, -0.1) is 0 Å². The van der Waals surface area contributed by atoms with Crippen molar-refractivity contribution in [3.63, 3.8) is 0 Å². The predicted octanol–water partition coefficient (Wildman–Crippen LogP) is 2.44. The number of nitrogens with two attached hydrogens (primary N) is 1. The van der Waals surface area contributed by atoms with Gasteiger partial charge in [0.05, 0.1) is 0 Å².